The number of H-pyrrole nitrogens is 1. The van der Waals surface area contributed by atoms with Gasteiger partial charge in [0.05, 0.1) is 12.1 Å². The highest BCUT2D eigenvalue weighted by atomic mass is 32.1. The Morgan fingerprint density at radius 1 is 1.21 bits per heavy atom. The van der Waals surface area contributed by atoms with E-state index in [0.717, 1.165) is 37.6 Å². The molecule has 0 atom stereocenters. The summed E-state index contributed by atoms with van der Waals surface area (Å²) in [6, 6.07) is 8.15. The van der Waals surface area contributed by atoms with Gasteiger partial charge in [0.25, 0.3) is 0 Å². The second kappa shape index (κ2) is 8.56. The Hall–Kier alpha value is -2.67. The largest absolute Gasteiger partial charge is 0.361 e. The number of fused-ring (bicyclic) bond motifs is 1. The third kappa shape index (κ3) is 4.42. The number of hydrogen-bond donors (Lipinski definition) is 3. The highest BCUT2D eigenvalue weighted by molar-refractivity contribution is 7.13. The van der Waals surface area contributed by atoms with Gasteiger partial charge >= 0.3 is 0 Å². The van der Waals surface area contributed by atoms with Gasteiger partial charge in [-0.15, -0.1) is 11.3 Å². The minimum absolute atomic E-state index is 0.0567. The minimum Gasteiger partial charge on any atom is -0.361 e. The molecule has 7 heteroatoms. The molecule has 2 amide bonds. The molecular weight excluding hydrogens is 372 g/mol. The van der Waals surface area contributed by atoms with E-state index in [1.807, 2.05) is 29.8 Å². The van der Waals surface area contributed by atoms with Crippen molar-refractivity contribution in [1.29, 1.82) is 0 Å². The van der Waals surface area contributed by atoms with Crippen LogP contribution in [0.3, 0.4) is 0 Å². The van der Waals surface area contributed by atoms with Crippen LogP contribution in [0.2, 0.25) is 0 Å². The highest BCUT2D eigenvalue weighted by Gasteiger charge is 2.23. The van der Waals surface area contributed by atoms with Gasteiger partial charge in [-0.3, -0.25) is 9.59 Å². The van der Waals surface area contributed by atoms with E-state index >= 15 is 0 Å². The average molecular weight is 397 g/mol. The van der Waals surface area contributed by atoms with E-state index in [1.165, 1.54) is 22.3 Å². The van der Waals surface area contributed by atoms with Gasteiger partial charge < -0.3 is 15.6 Å². The van der Waals surface area contributed by atoms with Gasteiger partial charge in [0.2, 0.25) is 11.8 Å². The molecule has 4 rings (SSSR count). The van der Waals surface area contributed by atoms with Gasteiger partial charge in [-0.2, -0.15) is 0 Å². The van der Waals surface area contributed by atoms with Crippen LogP contribution in [-0.4, -0.2) is 28.3 Å². The van der Waals surface area contributed by atoms with E-state index in [0.29, 0.717) is 17.4 Å². The Labute approximate surface area is 167 Å². The number of carbonyl (C=O) groups is 2. The van der Waals surface area contributed by atoms with Crippen LogP contribution in [0, 0.1) is 5.92 Å². The summed E-state index contributed by atoms with van der Waals surface area (Å²) >= 11 is 1.37. The Balaban J connectivity index is 1.24. The van der Waals surface area contributed by atoms with E-state index in [4.69, 9.17) is 0 Å². The molecular formula is C21H24N4O2S. The Morgan fingerprint density at radius 2 is 2.04 bits per heavy atom. The van der Waals surface area contributed by atoms with E-state index in [-0.39, 0.29) is 24.2 Å². The second-order valence-corrected chi connectivity index (χ2v) is 8.11. The number of rotatable bonds is 7. The molecule has 3 aromatic rings. The van der Waals surface area contributed by atoms with Gasteiger partial charge in [0.15, 0.2) is 5.13 Å². The van der Waals surface area contributed by atoms with Gasteiger partial charge in [-0.1, -0.05) is 31.0 Å². The van der Waals surface area contributed by atoms with Crippen LogP contribution in [0.15, 0.2) is 35.8 Å². The average Bonchev–Trinajstić information content (AvgIpc) is 3.43. The Morgan fingerprint density at radius 3 is 2.89 bits per heavy atom. The van der Waals surface area contributed by atoms with Crippen LogP contribution in [0.1, 0.15) is 36.9 Å². The Kier molecular flexibility index (Phi) is 5.71. The molecule has 0 unspecified atom stereocenters. The van der Waals surface area contributed by atoms with Crippen LogP contribution in [0.4, 0.5) is 5.13 Å². The molecule has 2 aromatic heterocycles. The number of anilines is 1. The van der Waals surface area contributed by atoms with Crippen molar-refractivity contribution in [1.82, 2.24) is 15.3 Å². The van der Waals surface area contributed by atoms with Crippen molar-refractivity contribution in [3.05, 3.63) is 47.1 Å². The predicted molar refractivity (Wildman–Crippen MR) is 111 cm³/mol. The number of aromatic amines is 1. The lowest BCUT2D eigenvalue weighted by Crippen LogP contribution is -2.27. The van der Waals surface area contributed by atoms with Crippen LogP contribution >= 0.6 is 11.3 Å². The van der Waals surface area contributed by atoms with Gasteiger partial charge in [-0.05, 0) is 30.9 Å². The first-order valence-electron chi connectivity index (χ1n) is 9.76. The SMILES string of the molecule is O=C(Cc1csc(NC(=O)C2CCCC2)n1)NCCc1c[nH]c2ccccc12. The Bertz CT molecular complexity index is 972. The molecule has 1 aliphatic rings. The molecule has 3 N–H and O–H groups in total. The van der Waals surface area contributed by atoms with Gasteiger partial charge in [0, 0.05) is 34.9 Å². The highest BCUT2D eigenvalue weighted by Crippen LogP contribution is 2.26. The summed E-state index contributed by atoms with van der Waals surface area (Å²) in [6.07, 6.45) is 7.17. The second-order valence-electron chi connectivity index (χ2n) is 7.25. The molecule has 28 heavy (non-hydrogen) atoms. The maximum absolute atomic E-state index is 12.2. The van der Waals surface area contributed by atoms with Crippen molar-refractivity contribution < 1.29 is 9.59 Å². The number of amides is 2. The molecule has 0 aliphatic heterocycles. The molecule has 1 saturated carbocycles. The first kappa shape index (κ1) is 18.7. The fourth-order valence-electron chi connectivity index (χ4n) is 3.74. The molecule has 1 aliphatic carbocycles. The standard InChI is InChI=1S/C21H24N4O2S/c26-19(22-10-9-15-12-23-18-8-4-3-7-17(15)18)11-16-13-28-21(24-16)25-20(27)14-5-1-2-6-14/h3-4,7-8,12-14,23H,1-2,5-6,9-11H2,(H,22,26)(H,24,25,27). The van der Waals surface area contributed by atoms with Crippen LogP contribution in [0.25, 0.3) is 10.9 Å². The maximum atomic E-state index is 12.2. The molecule has 146 valence electrons. The lowest BCUT2D eigenvalue weighted by atomic mass is 10.1. The quantitative estimate of drug-likeness (QED) is 0.570. The van der Waals surface area contributed by atoms with Crippen molar-refractivity contribution in [2.24, 2.45) is 5.92 Å². The number of benzene rings is 1. The zero-order valence-corrected chi connectivity index (χ0v) is 16.5. The van der Waals surface area contributed by atoms with E-state index in [9.17, 15) is 9.59 Å². The lowest BCUT2D eigenvalue weighted by molar-refractivity contribution is -0.120. The molecule has 2 heterocycles. The number of hydrogen-bond acceptors (Lipinski definition) is 4. The number of para-hydroxylation sites is 1. The summed E-state index contributed by atoms with van der Waals surface area (Å²) < 4.78 is 0. The van der Waals surface area contributed by atoms with Crippen molar-refractivity contribution in [3.63, 3.8) is 0 Å². The van der Waals surface area contributed by atoms with E-state index in [2.05, 4.69) is 26.7 Å². The van der Waals surface area contributed by atoms with Crippen LogP contribution < -0.4 is 10.6 Å². The molecule has 0 bridgehead atoms. The molecule has 1 aromatic carbocycles. The minimum atomic E-state index is -0.0567. The lowest BCUT2D eigenvalue weighted by Gasteiger charge is -2.07. The smallest absolute Gasteiger partial charge is 0.229 e. The molecule has 1 fully saturated rings. The van der Waals surface area contributed by atoms with Crippen LogP contribution in [-0.2, 0) is 22.4 Å². The number of thiazole rings is 1. The zero-order valence-electron chi connectivity index (χ0n) is 15.7. The first-order chi connectivity index (χ1) is 13.7. The molecule has 0 spiro atoms. The monoisotopic (exact) mass is 396 g/mol. The van der Waals surface area contributed by atoms with Crippen molar-refractivity contribution in [3.8, 4) is 0 Å². The van der Waals surface area contributed by atoms with Crippen molar-refractivity contribution >= 4 is 39.2 Å². The van der Waals surface area contributed by atoms with Crippen LogP contribution in [0.5, 0.6) is 0 Å². The van der Waals surface area contributed by atoms with E-state index in [1.54, 1.807) is 0 Å². The van der Waals surface area contributed by atoms with Crippen molar-refractivity contribution in [2.75, 3.05) is 11.9 Å². The maximum Gasteiger partial charge on any atom is 0.229 e. The number of carbonyl (C=O) groups excluding carboxylic acids is 2. The number of aromatic nitrogens is 2. The summed E-state index contributed by atoms with van der Waals surface area (Å²) in [7, 11) is 0. The third-order valence-corrected chi connectivity index (χ3v) is 6.05. The van der Waals surface area contributed by atoms with Gasteiger partial charge in [0.1, 0.15) is 0 Å². The van der Waals surface area contributed by atoms with Gasteiger partial charge in [-0.25, -0.2) is 4.98 Å². The summed E-state index contributed by atoms with van der Waals surface area (Å²) in [5.74, 6) is 0.112. The number of nitrogens with zero attached hydrogens (tertiary/aromatic N) is 1. The fraction of sp³-hybridized carbons (Fsp3) is 0.381. The van der Waals surface area contributed by atoms with Crippen molar-refractivity contribution in [2.45, 2.75) is 38.5 Å². The third-order valence-electron chi connectivity index (χ3n) is 5.24. The zero-order chi connectivity index (χ0) is 19.3. The first-order valence-corrected chi connectivity index (χ1v) is 10.6. The normalized spacial score (nSPS) is 14.4. The topological polar surface area (TPSA) is 86.9 Å². The number of nitrogens with one attached hydrogen (secondary N) is 3. The summed E-state index contributed by atoms with van der Waals surface area (Å²) in [6.45, 7) is 0.579. The fourth-order valence-corrected chi connectivity index (χ4v) is 4.46. The summed E-state index contributed by atoms with van der Waals surface area (Å²) in [4.78, 5) is 32.0. The predicted octanol–water partition coefficient (Wildman–Crippen LogP) is 3.65. The summed E-state index contributed by atoms with van der Waals surface area (Å²) in [5.41, 5.74) is 3.00. The molecule has 0 radical (unpaired) electrons. The molecule has 6 nitrogen and oxygen atoms in total. The molecule has 0 saturated heterocycles. The summed E-state index contributed by atoms with van der Waals surface area (Å²) in [5, 5.41) is 9.46. The van der Waals surface area contributed by atoms with E-state index < -0.39 is 0 Å².